The minimum absolute atomic E-state index is 0.0842. The first-order chi connectivity index (χ1) is 18.5. The smallest absolute Gasteiger partial charge is 0.319 e. The molecule has 7 heteroatoms. The first-order valence-electron chi connectivity index (χ1n) is 14.6. The Balaban J connectivity index is 1.32. The molecule has 3 aliphatic heterocycles. The monoisotopic (exact) mass is 515 g/mol. The van der Waals surface area contributed by atoms with Crippen LogP contribution in [0.3, 0.4) is 0 Å². The lowest BCUT2D eigenvalue weighted by molar-refractivity contribution is 0.108. The van der Waals surface area contributed by atoms with Crippen molar-refractivity contribution in [2.75, 3.05) is 37.7 Å². The third-order valence-electron chi connectivity index (χ3n) is 9.67. The van der Waals surface area contributed by atoms with Crippen LogP contribution in [-0.2, 0) is 0 Å². The Morgan fingerprint density at radius 1 is 1.05 bits per heavy atom. The van der Waals surface area contributed by atoms with E-state index in [0.717, 1.165) is 56.0 Å². The van der Waals surface area contributed by atoms with Crippen molar-refractivity contribution in [3.05, 3.63) is 41.8 Å². The lowest BCUT2D eigenvalue weighted by Crippen LogP contribution is -2.43. The molecule has 5 heterocycles. The highest BCUT2D eigenvalue weighted by Crippen LogP contribution is 2.42. The fourth-order valence-corrected chi connectivity index (χ4v) is 7.77. The third-order valence-corrected chi connectivity index (χ3v) is 9.67. The van der Waals surface area contributed by atoms with Crippen molar-refractivity contribution in [3.63, 3.8) is 0 Å². The van der Waals surface area contributed by atoms with Gasteiger partial charge in [0.05, 0.1) is 10.9 Å². The SMILES string of the molecule is CC(C)c1ccccc1-c1ncc2c(N3CC4CCC(C4)C3)nc(OCC34CCCN3CCC4)nc2c1F. The number of halogens is 1. The van der Waals surface area contributed by atoms with Gasteiger partial charge in [-0.2, -0.15) is 9.97 Å². The van der Waals surface area contributed by atoms with Gasteiger partial charge in [0, 0.05) is 24.8 Å². The molecule has 1 aromatic carbocycles. The number of piperidine rings is 1. The number of anilines is 1. The van der Waals surface area contributed by atoms with Gasteiger partial charge in [-0.25, -0.2) is 4.39 Å². The minimum atomic E-state index is -0.384. The highest BCUT2D eigenvalue weighted by Gasteiger charge is 2.45. The van der Waals surface area contributed by atoms with Crippen LogP contribution in [0, 0.1) is 17.7 Å². The Morgan fingerprint density at radius 3 is 2.53 bits per heavy atom. The molecule has 2 atom stereocenters. The molecule has 1 aliphatic carbocycles. The number of rotatable bonds is 6. The largest absolute Gasteiger partial charge is 0.461 e. The van der Waals surface area contributed by atoms with E-state index in [9.17, 15) is 0 Å². The Kier molecular flexibility index (Phi) is 6.02. The number of hydrogen-bond donors (Lipinski definition) is 0. The molecule has 2 aromatic heterocycles. The third kappa shape index (κ3) is 4.05. The van der Waals surface area contributed by atoms with E-state index in [4.69, 9.17) is 14.7 Å². The van der Waals surface area contributed by atoms with E-state index in [-0.39, 0.29) is 17.3 Å². The summed E-state index contributed by atoms with van der Waals surface area (Å²) in [6.07, 6.45) is 10.3. The zero-order valence-corrected chi connectivity index (χ0v) is 22.6. The number of pyridine rings is 1. The van der Waals surface area contributed by atoms with Crippen LogP contribution < -0.4 is 9.64 Å². The molecule has 1 saturated carbocycles. The van der Waals surface area contributed by atoms with Gasteiger partial charge in [0.1, 0.15) is 23.6 Å². The van der Waals surface area contributed by atoms with Crippen molar-refractivity contribution in [2.24, 2.45) is 11.8 Å². The predicted octanol–water partition coefficient (Wildman–Crippen LogP) is 6.20. The topological polar surface area (TPSA) is 54.4 Å². The van der Waals surface area contributed by atoms with Crippen molar-refractivity contribution < 1.29 is 9.13 Å². The van der Waals surface area contributed by atoms with Gasteiger partial charge in [0.2, 0.25) is 0 Å². The van der Waals surface area contributed by atoms with Crippen LogP contribution in [0.5, 0.6) is 6.01 Å². The highest BCUT2D eigenvalue weighted by atomic mass is 19.1. The van der Waals surface area contributed by atoms with Gasteiger partial charge in [-0.3, -0.25) is 9.88 Å². The fourth-order valence-electron chi connectivity index (χ4n) is 7.77. The average Bonchev–Trinajstić information content (AvgIpc) is 3.61. The molecular weight excluding hydrogens is 477 g/mol. The molecule has 0 spiro atoms. The summed E-state index contributed by atoms with van der Waals surface area (Å²) in [6.45, 7) is 9.02. The molecule has 2 bridgehead atoms. The Morgan fingerprint density at radius 2 is 1.79 bits per heavy atom. The standard InChI is InChI=1S/C31H38FN5O/c1-20(2)23-7-3-4-8-24(23)27-26(32)28-25(16-33-27)29(36-17-21-9-10-22(15-21)18-36)35-30(34-28)38-19-31-11-5-13-37(31)14-6-12-31/h3-4,7-8,16,20-22H,5-6,9-15,17-19H2,1-2H3. The van der Waals surface area contributed by atoms with Crippen LogP contribution in [0.1, 0.15) is 70.3 Å². The van der Waals surface area contributed by atoms with Gasteiger partial charge in [0.15, 0.2) is 5.82 Å². The van der Waals surface area contributed by atoms with Gasteiger partial charge in [-0.1, -0.05) is 38.1 Å². The number of aromatic nitrogens is 3. The molecule has 4 aliphatic rings. The second-order valence-corrected chi connectivity index (χ2v) is 12.4. The molecule has 200 valence electrons. The summed E-state index contributed by atoms with van der Waals surface area (Å²) >= 11 is 0. The zero-order chi connectivity index (χ0) is 25.9. The molecule has 0 radical (unpaired) electrons. The van der Waals surface area contributed by atoms with Gasteiger partial charge >= 0.3 is 6.01 Å². The van der Waals surface area contributed by atoms with Crippen LogP contribution in [-0.4, -0.2) is 58.2 Å². The second kappa shape index (κ2) is 9.44. The summed E-state index contributed by atoms with van der Waals surface area (Å²) in [5, 5.41) is 0.684. The summed E-state index contributed by atoms with van der Waals surface area (Å²) in [5.41, 5.74) is 2.66. The van der Waals surface area contributed by atoms with Crippen molar-refractivity contribution in [1.29, 1.82) is 0 Å². The Bertz CT molecular complexity index is 1340. The van der Waals surface area contributed by atoms with E-state index in [2.05, 4.69) is 34.7 Å². The van der Waals surface area contributed by atoms with Gasteiger partial charge in [-0.15, -0.1) is 0 Å². The van der Waals surface area contributed by atoms with E-state index in [1.54, 1.807) is 6.20 Å². The first-order valence-corrected chi connectivity index (χ1v) is 14.6. The van der Waals surface area contributed by atoms with Crippen LogP contribution in [0.2, 0.25) is 0 Å². The summed E-state index contributed by atoms with van der Waals surface area (Å²) in [4.78, 5) is 19.3. The molecule has 6 nitrogen and oxygen atoms in total. The molecule has 7 rings (SSSR count). The highest BCUT2D eigenvalue weighted by molar-refractivity contribution is 5.92. The summed E-state index contributed by atoms with van der Waals surface area (Å²) < 4.78 is 22.8. The molecule has 38 heavy (non-hydrogen) atoms. The second-order valence-electron chi connectivity index (χ2n) is 12.4. The quantitative estimate of drug-likeness (QED) is 0.390. The van der Waals surface area contributed by atoms with Gasteiger partial charge < -0.3 is 9.64 Å². The van der Waals surface area contributed by atoms with Crippen molar-refractivity contribution in [1.82, 2.24) is 19.9 Å². The van der Waals surface area contributed by atoms with E-state index >= 15 is 4.39 Å². The number of nitrogens with zero attached hydrogens (tertiary/aromatic N) is 5. The normalized spacial score (nSPS) is 24.5. The molecule has 3 saturated heterocycles. The maximum atomic E-state index is 16.4. The predicted molar refractivity (Wildman–Crippen MR) is 148 cm³/mol. The van der Waals surface area contributed by atoms with Gasteiger partial charge in [-0.05, 0) is 81.4 Å². The van der Waals surface area contributed by atoms with Crippen LogP contribution in [0.4, 0.5) is 10.2 Å². The Labute approximate surface area is 224 Å². The first kappa shape index (κ1) is 24.3. The van der Waals surface area contributed by atoms with Crippen molar-refractivity contribution >= 4 is 16.7 Å². The fraction of sp³-hybridized carbons (Fsp3) is 0.581. The molecule has 4 fully saturated rings. The lowest BCUT2D eigenvalue weighted by Gasteiger charge is -2.34. The number of ether oxygens (including phenoxy) is 1. The molecule has 3 aromatic rings. The van der Waals surface area contributed by atoms with Gasteiger partial charge in [0.25, 0.3) is 0 Å². The van der Waals surface area contributed by atoms with Crippen LogP contribution in [0.15, 0.2) is 30.5 Å². The molecule has 0 N–H and O–H groups in total. The van der Waals surface area contributed by atoms with E-state index in [1.807, 2.05) is 18.2 Å². The average molecular weight is 516 g/mol. The molecule has 2 unspecified atom stereocenters. The lowest BCUT2D eigenvalue weighted by atomic mass is 9.94. The minimum Gasteiger partial charge on any atom is -0.461 e. The number of benzene rings is 1. The summed E-state index contributed by atoms with van der Waals surface area (Å²) in [7, 11) is 0. The van der Waals surface area contributed by atoms with Crippen LogP contribution in [0.25, 0.3) is 22.2 Å². The summed E-state index contributed by atoms with van der Waals surface area (Å²) in [5.74, 6) is 2.02. The van der Waals surface area contributed by atoms with E-state index in [0.29, 0.717) is 41.1 Å². The van der Waals surface area contributed by atoms with Crippen molar-refractivity contribution in [2.45, 2.75) is 70.3 Å². The van der Waals surface area contributed by atoms with E-state index in [1.165, 1.54) is 32.1 Å². The maximum absolute atomic E-state index is 16.4. The Hall–Kier alpha value is -2.80. The number of hydrogen-bond acceptors (Lipinski definition) is 6. The maximum Gasteiger partial charge on any atom is 0.319 e. The van der Waals surface area contributed by atoms with Crippen LogP contribution >= 0.6 is 0 Å². The van der Waals surface area contributed by atoms with E-state index < -0.39 is 0 Å². The molecular formula is C31H38FN5O. The number of fused-ring (bicyclic) bond motifs is 4. The molecule has 0 amide bonds. The van der Waals surface area contributed by atoms with Crippen molar-refractivity contribution in [3.8, 4) is 17.3 Å². The summed E-state index contributed by atoms with van der Waals surface area (Å²) in [6, 6.07) is 8.27. The zero-order valence-electron chi connectivity index (χ0n) is 22.6.